The molecule has 0 saturated carbocycles. The lowest BCUT2D eigenvalue weighted by Gasteiger charge is -2.18. The van der Waals surface area contributed by atoms with Crippen molar-refractivity contribution in [3.8, 4) is 0 Å². The van der Waals surface area contributed by atoms with Crippen molar-refractivity contribution < 1.29 is 28.6 Å². The Hall–Kier alpha value is -3.41. The van der Waals surface area contributed by atoms with Gasteiger partial charge in [0.1, 0.15) is 13.2 Å². The molecule has 59 heavy (non-hydrogen) atoms. The van der Waals surface area contributed by atoms with Crippen LogP contribution in [-0.2, 0) is 28.6 Å². The summed E-state index contributed by atoms with van der Waals surface area (Å²) in [6, 6.07) is 0. The summed E-state index contributed by atoms with van der Waals surface area (Å²) in [5.74, 6) is -0.943. The molecule has 0 spiro atoms. The summed E-state index contributed by atoms with van der Waals surface area (Å²) < 4.78 is 16.7. The van der Waals surface area contributed by atoms with Crippen LogP contribution < -0.4 is 0 Å². The zero-order valence-corrected chi connectivity index (χ0v) is 38.2. The predicted octanol–water partition coefficient (Wildman–Crippen LogP) is 15.6. The molecule has 0 aliphatic carbocycles. The van der Waals surface area contributed by atoms with Gasteiger partial charge in [-0.25, -0.2) is 0 Å². The number of carbonyl (C=O) groups excluding carboxylic acids is 3. The lowest BCUT2D eigenvalue weighted by Crippen LogP contribution is -2.30. The lowest BCUT2D eigenvalue weighted by molar-refractivity contribution is -0.167. The van der Waals surface area contributed by atoms with Gasteiger partial charge >= 0.3 is 17.9 Å². The zero-order chi connectivity index (χ0) is 43.0. The zero-order valence-electron chi connectivity index (χ0n) is 38.2. The summed E-state index contributed by atoms with van der Waals surface area (Å²) in [5.41, 5.74) is 0. The molecule has 0 fully saturated rings. The number of ether oxygens (including phenoxy) is 3. The maximum absolute atomic E-state index is 12.8. The van der Waals surface area contributed by atoms with E-state index in [2.05, 4.69) is 87.6 Å². The van der Waals surface area contributed by atoms with Crippen molar-refractivity contribution in [3.05, 3.63) is 85.1 Å². The largest absolute Gasteiger partial charge is 0.462 e. The predicted molar refractivity (Wildman–Crippen MR) is 251 cm³/mol. The van der Waals surface area contributed by atoms with Gasteiger partial charge in [-0.05, 0) is 70.6 Å². The van der Waals surface area contributed by atoms with Crippen LogP contribution >= 0.6 is 0 Å². The van der Waals surface area contributed by atoms with Crippen LogP contribution in [0.25, 0.3) is 0 Å². The SMILES string of the molecule is CC\C=C/C=C\C=C/C=C\CCCCCCCC(=O)OCC(COC(=O)CCCCCCCCCCCCCC)OC(=O)CCCCCC/C=C\C/C=C\C/C=C\CC. The number of unbranched alkanes of at least 4 members (excludes halogenated alkanes) is 20. The molecule has 6 nitrogen and oxygen atoms in total. The summed E-state index contributed by atoms with van der Waals surface area (Å²) in [4.78, 5) is 37.9. The highest BCUT2D eigenvalue weighted by Gasteiger charge is 2.19. The van der Waals surface area contributed by atoms with Crippen LogP contribution in [0.5, 0.6) is 0 Å². The molecule has 6 heteroatoms. The van der Waals surface area contributed by atoms with E-state index in [1.165, 1.54) is 57.8 Å². The van der Waals surface area contributed by atoms with Crippen molar-refractivity contribution in [3.63, 3.8) is 0 Å². The highest BCUT2D eigenvalue weighted by Crippen LogP contribution is 2.14. The van der Waals surface area contributed by atoms with Crippen molar-refractivity contribution in [1.82, 2.24) is 0 Å². The second kappa shape index (κ2) is 47.3. The van der Waals surface area contributed by atoms with Crippen LogP contribution in [-0.4, -0.2) is 37.2 Å². The normalized spacial score (nSPS) is 12.8. The van der Waals surface area contributed by atoms with Crippen LogP contribution in [0.4, 0.5) is 0 Å². The van der Waals surface area contributed by atoms with Crippen LogP contribution in [0, 0.1) is 0 Å². The molecule has 0 aromatic carbocycles. The van der Waals surface area contributed by atoms with Gasteiger partial charge in [-0.1, -0.05) is 209 Å². The quantitative estimate of drug-likeness (QED) is 0.0201. The van der Waals surface area contributed by atoms with Gasteiger partial charge in [-0.3, -0.25) is 14.4 Å². The van der Waals surface area contributed by atoms with Gasteiger partial charge in [0.05, 0.1) is 0 Å². The molecule has 0 aromatic rings. The molecular formula is C53H88O6. The molecule has 1 unspecified atom stereocenters. The highest BCUT2D eigenvalue weighted by atomic mass is 16.6. The molecule has 0 saturated heterocycles. The van der Waals surface area contributed by atoms with E-state index < -0.39 is 6.10 Å². The first-order chi connectivity index (χ1) is 29.0. The van der Waals surface area contributed by atoms with Crippen LogP contribution in [0.1, 0.15) is 213 Å². The molecule has 0 amide bonds. The van der Waals surface area contributed by atoms with Gasteiger partial charge in [0, 0.05) is 19.3 Å². The smallest absolute Gasteiger partial charge is 0.306 e. The fourth-order valence-electron chi connectivity index (χ4n) is 6.41. The molecule has 0 aromatic heterocycles. The molecule has 0 rings (SSSR count). The highest BCUT2D eigenvalue weighted by molar-refractivity contribution is 5.71. The summed E-state index contributed by atoms with van der Waals surface area (Å²) in [6.45, 7) is 6.33. The third kappa shape index (κ3) is 45.5. The number of rotatable bonds is 42. The van der Waals surface area contributed by atoms with Gasteiger partial charge in [-0.2, -0.15) is 0 Å². The third-order valence-electron chi connectivity index (χ3n) is 9.99. The van der Waals surface area contributed by atoms with E-state index in [9.17, 15) is 14.4 Å². The van der Waals surface area contributed by atoms with Crippen molar-refractivity contribution in [1.29, 1.82) is 0 Å². The summed E-state index contributed by atoms with van der Waals surface area (Å²) in [7, 11) is 0. The molecule has 0 heterocycles. The monoisotopic (exact) mass is 821 g/mol. The Balaban J connectivity index is 4.47. The molecular weight excluding hydrogens is 733 g/mol. The molecule has 0 N–H and O–H groups in total. The topological polar surface area (TPSA) is 78.9 Å². The van der Waals surface area contributed by atoms with E-state index in [1.54, 1.807) is 0 Å². The third-order valence-corrected chi connectivity index (χ3v) is 9.99. The Morgan fingerprint density at radius 1 is 0.373 bits per heavy atom. The maximum atomic E-state index is 12.8. The minimum absolute atomic E-state index is 0.0929. The van der Waals surface area contributed by atoms with E-state index in [0.29, 0.717) is 19.3 Å². The number of carbonyl (C=O) groups is 3. The van der Waals surface area contributed by atoms with Gasteiger partial charge in [0.2, 0.25) is 0 Å². The second-order valence-corrected chi connectivity index (χ2v) is 15.7. The maximum Gasteiger partial charge on any atom is 0.306 e. The molecule has 0 bridgehead atoms. The van der Waals surface area contributed by atoms with E-state index in [4.69, 9.17) is 14.2 Å². The summed E-state index contributed by atoms with van der Waals surface area (Å²) in [5, 5.41) is 0. The minimum Gasteiger partial charge on any atom is -0.462 e. The molecule has 0 aliphatic rings. The van der Waals surface area contributed by atoms with Gasteiger partial charge in [0.15, 0.2) is 6.10 Å². The van der Waals surface area contributed by atoms with E-state index in [1.807, 2.05) is 18.2 Å². The average Bonchev–Trinajstić information content (AvgIpc) is 3.23. The van der Waals surface area contributed by atoms with Crippen molar-refractivity contribution in [2.45, 2.75) is 219 Å². The van der Waals surface area contributed by atoms with Gasteiger partial charge in [-0.15, -0.1) is 0 Å². The Morgan fingerprint density at radius 3 is 1.24 bits per heavy atom. The van der Waals surface area contributed by atoms with Gasteiger partial charge < -0.3 is 14.2 Å². The molecule has 0 radical (unpaired) electrons. The van der Waals surface area contributed by atoms with Crippen LogP contribution in [0.15, 0.2) is 85.1 Å². The summed E-state index contributed by atoms with van der Waals surface area (Å²) in [6.07, 6.45) is 59.9. The first-order valence-electron chi connectivity index (χ1n) is 24.1. The van der Waals surface area contributed by atoms with Crippen molar-refractivity contribution >= 4 is 17.9 Å². The molecule has 0 aliphatic heterocycles. The van der Waals surface area contributed by atoms with Crippen LogP contribution in [0.2, 0.25) is 0 Å². The minimum atomic E-state index is -0.795. The molecule has 1 atom stereocenters. The van der Waals surface area contributed by atoms with E-state index >= 15 is 0 Å². The number of esters is 3. The van der Waals surface area contributed by atoms with E-state index in [-0.39, 0.29) is 31.1 Å². The first-order valence-corrected chi connectivity index (χ1v) is 24.1. The van der Waals surface area contributed by atoms with Crippen molar-refractivity contribution in [2.24, 2.45) is 0 Å². The fraction of sp³-hybridized carbons (Fsp3) is 0.679. The Kier molecular flexibility index (Phi) is 44.5. The lowest BCUT2D eigenvalue weighted by atomic mass is 10.0. The Labute approximate surface area is 363 Å². The second-order valence-electron chi connectivity index (χ2n) is 15.7. The van der Waals surface area contributed by atoms with Crippen LogP contribution in [0.3, 0.4) is 0 Å². The Bertz CT molecular complexity index is 1170. The standard InChI is InChI=1S/C53H88O6/c1-4-7-10-13-16-19-22-25-27-29-31-34-37-40-43-46-52(55)58-49-50(48-57-51(54)45-42-39-36-33-30-24-21-18-15-12-9-6-3)59-53(56)47-44-41-38-35-32-28-26-23-20-17-14-11-8-5-2/h7-8,10-11,13,16-17,19-20,22,25-28,50H,4-6,9,12,14-15,18,21,23-24,29-49H2,1-3H3/b10-7-,11-8-,16-13-,20-17-,22-19-,27-25-,28-26-. The fourth-order valence-corrected chi connectivity index (χ4v) is 6.41. The number of allylic oxidation sites excluding steroid dienone is 14. The number of hydrogen-bond donors (Lipinski definition) is 0. The average molecular weight is 821 g/mol. The number of hydrogen-bond acceptors (Lipinski definition) is 6. The Morgan fingerprint density at radius 2 is 0.746 bits per heavy atom. The first kappa shape index (κ1) is 55.6. The summed E-state index contributed by atoms with van der Waals surface area (Å²) >= 11 is 0. The van der Waals surface area contributed by atoms with Crippen molar-refractivity contribution in [2.75, 3.05) is 13.2 Å². The van der Waals surface area contributed by atoms with E-state index in [0.717, 1.165) is 116 Å². The van der Waals surface area contributed by atoms with Gasteiger partial charge in [0.25, 0.3) is 0 Å². The molecule has 336 valence electrons.